The molecule has 4 N–H and O–H groups in total. The number of amides is 2. The van der Waals surface area contributed by atoms with Crippen LogP contribution in [0.2, 0.25) is 18.1 Å². The molecule has 8 rings (SSSR count). The summed E-state index contributed by atoms with van der Waals surface area (Å²) in [6.07, 6.45) is -4.03. The highest BCUT2D eigenvalue weighted by Crippen LogP contribution is 2.56. The number of hydrogen-bond donors (Lipinski definition) is 4. The van der Waals surface area contributed by atoms with Gasteiger partial charge in [0.05, 0.1) is 25.9 Å². The molecule has 1 aromatic carbocycles. The van der Waals surface area contributed by atoms with Gasteiger partial charge in [-0.2, -0.15) is 4.98 Å². The van der Waals surface area contributed by atoms with Crippen LogP contribution in [0.1, 0.15) is 64.4 Å². The van der Waals surface area contributed by atoms with Crippen LogP contribution >= 0.6 is 15.4 Å². The Morgan fingerprint density at radius 3 is 2.25 bits per heavy atom. The molecule has 2 amide bonds. The average molecular weight is 959 g/mol. The van der Waals surface area contributed by atoms with Gasteiger partial charge in [-0.15, -0.1) is 0 Å². The SMILES string of the molecule is CC(C)C(=O)Nc1nc2c(ncn2[C@@H]2O[C@@H]3COP(=O)(O)O[C@@H]4C(C)[C@H](n5cnc6c(NC(=O)c7ccccc7)ncnc65)O[C@@H]4COP(C)(=O)OC3[C@@H]2O[Si](C)(C)C(C)(C)C)c(=O)[nH]1. The molecule has 65 heavy (non-hydrogen) atoms. The van der Waals surface area contributed by atoms with Gasteiger partial charge in [0.25, 0.3) is 11.5 Å². The van der Waals surface area contributed by atoms with Crippen molar-refractivity contribution in [2.45, 2.75) is 103 Å². The predicted molar refractivity (Wildman–Crippen MR) is 235 cm³/mol. The Morgan fingerprint density at radius 1 is 0.908 bits per heavy atom. The Balaban J connectivity index is 1.10. The second-order valence-corrected chi connectivity index (χ2v) is 26.2. The summed E-state index contributed by atoms with van der Waals surface area (Å²) in [4.78, 5) is 74.5. The Kier molecular flexibility index (Phi) is 12.7. The number of nitrogens with one attached hydrogen (secondary N) is 3. The number of imidazole rings is 2. The number of aromatic amines is 1. The van der Waals surface area contributed by atoms with Crippen LogP contribution in [0.4, 0.5) is 11.8 Å². The minimum absolute atomic E-state index is 0.0192. The summed E-state index contributed by atoms with van der Waals surface area (Å²) in [6, 6.07) is 8.57. The van der Waals surface area contributed by atoms with Gasteiger partial charge in [-0.3, -0.25) is 52.0 Å². The standard InChI is InChI=1S/C39H52N10O13P2Si/c1-20(2)33(50)46-38-45-32-26(35(52)47-38)43-19-49(32)37-29(62-65(8,9)39(4,5)6)28-24(59-37)16-57-64(54,55)61-27-21(3)36(58-23(27)15-56-63(7,53)60-28)48-18-42-25-30(40-17-41-31(25)48)44-34(51)22-13-11-10-12-14-22/h10-14,17-21,23-24,27-29,36-37H,15-16H2,1-9H3,(H,54,55)(H,40,41,44,51)(H2,45,46,47,50,52)/t21?,23-,24-,27-,28?,29+,36-,37-,63?/m1/s1. The number of ether oxygens (including phenoxy) is 2. The van der Waals surface area contributed by atoms with Crippen LogP contribution in [0.3, 0.4) is 0 Å². The monoisotopic (exact) mass is 958 g/mol. The molecule has 0 saturated carbocycles. The van der Waals surface area contributed by atoms with E-state index in [-0.39, 0.29) is 39.1 Å². The molecule has 350 valence electrons. The van der Waals surface area contributed by atoms with Gasteiger partial charge < -0.3 is 28.6 Å². The molecule has 4 aromatic heterocycles. The third kappa shape index (κ3) is 9.52. The molecule has 3 saturated heterocycles. The van der Waals surface area contributed by atoms with Gasteiger partial charge in [-0.05, 0) is 30.3 Å². The lowest BCUT2D eigenvalue weighted by Gasteiger charge is -2.41. The molecule has 0 bridgehead atoms. The molecule has 10 atom stereocenters. The zero-order valence-corrected chi connectivity index (χ0v) is 39.9. The van der Waals surface area contributed by atoms with Crippen LogP contribution in [-0.2, 0) is 45.9 Å². The summed E-state index contributed by atoms with van der Waals surface area (Å²) in [5.41, 5.74) is 0.242. The fourth-order valence-electron chi connectivity index (χ4n) is 7.48. The lowest BCUT2D eigenvalue weighted by Crippen LogP contribution is -2.49. The molecule has 3 fully saturated rings. The summed E-state index contributed by atoms with van der Waals surface area (Å²) in [5, 5.41) is 4.99. The molecule has 4 unspecified atom stereocenters. The maximum Gasteiger partial charge on any atom is 0.472 e. The zero-order valence-electron chi connectivity index (χ0n) is 37.1. The number of fused-ring (bicyclic) bond motifs is 4. The number of H-pyrrole nitrogens is 1. The number of hydrogen-bond acceptors (Lipinski definition) is 17. The van der Waals surface area contributed by atoms with Crippen LogP contribution in [0.5, 0.6) is 0 Å². The van der Waals surface area contributed by atoms with Crippen LogP contribution < -0.4 is 16.2 Å². The van der Waals surface area contributed by atoms with Gasteiger partial charge in [0.1, 0.15) is 43.1 Å². The minimum atomic E-state index is -4.96. The van der Waals surface area contributed by atoms with E-state index >= 15 is 0 Å². The molecular weight excluding hydrogens is 907 g/mol. The van der Waals surface area contributed by atoms with E-state index in [4.69, 9.17) is 32.0 Å². The smallest absolute Gasteiger partial charge is 0.407 e. The number of phosphoric ester groups is 1. The third-order valence-corrected chi connectivity index (χ3v) is 18.7. The number of rotatable bonds is 8. The fraction of sp³-hybridized carbons (Fsp3) is 0.538. The van der Waals surface area contributed by atoms with E-state index in [0.717, 1.165) is 0 Å². The van der Waals surface area contributed by atoms with E-state index in [0.29, 0.717) is 5.56 Å². The first-order chi connectivity index (χ1) is 30.5. The van der Waals surface area contributed by atoms with Crippen molar-refractivity contribution < 1.29 is 55.6 Å². The Morgan fingerprint density at radius 2 is 1.55 bits per heavy atom. The Hall–Kier alpha value is -4.58. The second kappa shape index (κ2) is 17.6. The summed E-state index contributed by atoms with van der Waals surface area (Å²) >= 11 is 0. The van der Waals surface area contributed by atoms with Crippen LogP contribution in [-0.4, -0.2) is 114 Å². The fourth-order valence-corrected chi connectivity index (χ4v) is 11.0. The van der Waals surface area contributed by atoms with Crippen LogP contribution in [0, 0.1) is 11.8 Å². The summed E-state index contributed by atoms with van der Waals surface area (Å²) in [7, 11) is -11.8. The van der Waals surface area contributed by atoms with E-state index in [1.165, 1.54) is 30.2 Å². The minimum Gasteiger partial charge on any atom is -0.407 e. The van der Waals surface area contributed by atoms with Crippen molar-refractivity contribution >= 4 is 69.6 Å². The van der Waals surface area contributed by atoms with Crippen LogP contribution in [0.15, 0.2) is 54.1 Å². The van der Waals surface area contributed by atoms with Gasteiger partial charge in [-0.25, -0.2) is 24.5 Å². The van der Waals surface area contributed by atoms with Crippen molar-refractivity contribution in [2.24, 2.45) is 11.8 Å². The van der Waals surface area contributed by atoms with E-state index in [1.54, 1.807) is 55.7 Å². The van der Waals surface area contributed by atoms with Crippen molar-refractivity contribution in [1.82, 2.24) is 39.0 Å². The van der Waals surface area contributed by atoms with Gasteiger partial charge in [0.2, 0.25) is 11.9 Å². The quantitative estimate of drug-likeness (QED) is 0.112. The van der Waals surface area contributed by atoms with E-state index in [1.807, 2.05) is 33.9 Å². The lowest BCUT2D eigenvalue weighted by atomic mass is 10.0. The van der Waals surface area contributed by atoms with Crippen LogP contribution in [0.25, 0.3) is 22.3 Å². The second-order valence-electron chi connectivity index (χ2n) is 18.1. The maximum absolute atomic E-state index is 14.5. The first-order valence-electron chi connectivity index (χ1n) is 20.9. The number of phosphoric acid groups is 1. The first-order valence-corrected chi connectivity index (χ1v) is 27.3. The van der Waals surface area contributed by atoms with E-state index in [9.17, 15) is 28.4 Å². The topological polar surface area (TPSA) is 284 Å². The number of aromatic nitrogens is 8. The summed E-state index contributed by atoms with van der Waals surface area (Å²) < 4.78 is 75.3. The van der Waals surface area contributed by atoms with Crippen molar-refractivity contribution in [2.75, 3.05) is 30.5 Å². The summed E-state index contributed by atoms with van der Waals surface area (Å²) in [6.45, 7) is 15.3. The number of nitrogens with zero attached hydrogens (tertiary/aromatic N) is 7. The van der Waals surface area contributed by atoms with E-state index < -0.39 is 109 Å². The normalized spacial score (nSPS) is 30.1. The Bertz CT molecular complexity index is 2760. The highest BCUT2D eigenvalue weighted by atomic mass is 31.2. The number of anilines is 2. The molecule has 26 heteroatoms. The molecule has 0 spiro atoms. The number of benzene rings is 1. The van der Waals surface area contributed by atoms with Crippen molar-refractivity contribution in [3.8, 4) is 0 Å². The average Bonchev–Trinajstić information content (AvgIpc) is 4.00. The number of carbonyl (C=O) groups is 2. The van der Waals surface area contributed by atoms with Gasteiger partial charge in [0, 0.05) is 24.1 Å². The lowest BCUT2D eigenvalue weighted by molar-refractivity contribution is -0.118. The maximum atomic E-state index is 14.5. The molecule has 7 heterocycles. The highest BCUT2D eigenvalue weighted by Gasteiger charge is 2.55. The van der Waals surface area contributed by atoms with Gasteiger partial charge in [-0.1, -0.05) is 59.7 Å². The Labute approximate surface area is 373 Å². The summed E-state index contributed by atoms with van der Waals surface area (Å²) in [5.74, 6) is -1.91. The molecule has 5 aromatic rings. The number of carbonyl (C=O) groups excluding carboxylic acids is 2. The van der Waals surface area contributed by atoms with Gasteiger partial charge in [0.15, 0.2) is 42.7 Å². The molecule has 3 aliphatic heterocycles. The van der Waals surface area contributed by atoms with Gasteiger partial charge >= 0.3 is 15.4 Å². The zero-order chi connectivity index (χ0) is 46.8. The molecule has 0 aliphatic carbocycles. The highest BCUT2D eigenvalue weighted by molar-refractivity contribution is 7.53. The molecule has 23 nitrogen and oxygen atoms in total. The predicted octanol–water partition coefficient (Wildman–Crippen LogP) is 5.37. The molecule has 3 aliphatic rings. The van der Waals surface area contributed by atoms with E-state index in [2.05, 4.69) is 40.5 Å². The van der Waals surface area contributed by atoms with Crippen molar-refractivity contribution in [3.05, 3.63) is 65.2 Å². The largest absolute Gasteiger partial charge is 0.472 e. The molecule has 0 radical (unpaired) electrons. The third-order valence-electron chi connectivity index (χ3n) is 12.0. The van der Waals surface area contributed by atoms with Crippen molar-refractivity contribution in [3.63, 3.8) is 0 Å². The molecular formula is C39H52N10O13P2Si. The van der Waals surface area contributed by atoms with Crippen molar-refractivity contribution in [1.29, 1.82) is 0 Å². The first kappa shape index (κ1) is 46.9.